The Morgan fingerprint density at radius 1 is 1.19 bits per heavy atom. The number of halogens is 3. The summed E-state index contributed by atoms with van der Waals surface area (Å²) < 4.78 is 18.6. The number of aliphatic hydroxyl groups is 1. The average molecular weight is 492 g/mol. The summed E-state index contributed by atoms with van der Waals surface area (Å²) >= 11 is 13.7. The van der Waals surface area contributed by atoms with Crippen molar-refractivity contribution < 1.29 is 23.8 Å². The molecule has 4 rings (SSSR count). The predicted octanol–water partition coefficient (Wildman–Crippen LogP) is 5.82. The van der Waals surface area contributed by atoms with E-state index in [9.17, 15) is 19.1 Å². The maximum atomic E-state index is 13.3. The van der Waals surface area contributed by atoms with E-state index in [4.69, 9.17) is 27.9 Å². The zero-order valence-electron chi connectivity index (χ0n) is 16.6. The Balaban J connectivity index is 1.88. The molecule has 32 heavy (non-hydrogen) atoms. The van der Waals surface area contributed by atoms with Crippen molar-refractivity contribution in [1.29, 1.82) is 0 Å². The number of benzene rings is 2. The van der Waals surface area contributed by atoms with Gasteiger partial charge in [0.25, 0.3) is 11.7 Å². The molecule has 1 amide bonds. The van der Waals surface area contributed by atoms with Gasteiger partial charge in [0, 0.05) is 16.4 Å². The molecule has 0 saturated carbocycles. The lowest BCUT2D eigenvalue weighted by molar-refractivity contribution is -0.140. The van der Waals surface area contributed by atoms with Gasteiger partial charge < -0.3 is 14.7 Å². The van der Waals surface area contributed by atoms with Gasteiger partial charge in [-0.05, 0) is 41.3 Å². The normalized spacial score (nSPS) is 17.8. The third-order valence-corrected chi connectivity index (χ3v) is 6.51. The standard InChI is InChI=1S/C23H16Cl2FNO4S/c1-31-22-15(9-13(24)10-16(22)25)20(28)18-19(17-3-2-8-32-17)27(23(30)21(18)29)11-12-4-6-14(26)7-5-12/h2-10,19,28H,11H2,1H3/b20-18-. The molecular formula is C23H16Cl2FNO4S. The summed E-state index contributed by atoms with van der Waals surface area (Å²) in [6, 6.07) is 11.2. The van der Waals surface area contributed by atoms with Crippen molar-refractivity contribution in [3.05, 3.63) is 91.4 Å². The fraction of sp³-hybridized carbons (Fsp3) is 0.130. The van der Waals surface area contributed by atoms with Crippen LogP contribution in [0.15, 0.2) is 59.5 Å². The van der Waals surface area contributed by atoms with E-state index in [0.29, 0.717) is 10.4 Å². The molecule has 1 aromatic heterocycles. The number of nitrogens with zero attached hydrogens (tertiary/aromatic N) is 1. The van der Waals surface area contributed by atoms with E-state index in [2.05, 4.69) is 0 Å². The summed E-state index contributed by atoms with van der Waals surface area (Å²) in [5.74, 6) is -2.34. The van der Waals surface area contributed by atoms with E-state index in [1.807, 2.05) is 5.38 Å². The maximum absolute atomic E-state index is 13.3. The van der Waals surface area contributed by atoms with Crippen LogP contribution in [-0.4, -0.2) is 28.8 Å². The number of methoxy groups -OCH3 is 1. The topological polar surface area (TPSA) is 66.8 Å². The lowest BCUT2D eigenvalue weighted by Gasteiger charge is -2.24. The quantitative estimate of drug-likeness (QED) is 0.277. The number of rotatable bonds is 5. The zero-order chi connectivity index (χ0) is 23.0. The number of carbonyl (C=O) groups excluding carboxylic acids is 2. The van der Waals surface area contributed by atoms with Crippen molar-refractivity contribution >= 4 is 52.0 Å². The molecule has 1 aliphatic rings. The molecule has 5 nitrogen and oxygen atoms in total. The molecule has 2 heterocycles. The summed E-state index contributed by atoms with van der Waals surface area (Å²) in [5, 5.41) is 13.4. The molecule has 0 aliphatic carbocycles. The minimum absolute atomic E-state index is 0.0532. The van der Waals surface area contributed by atoms with Crippen LogP contribution in [0.1, 0.15) is 22.0 Å². The van der Waals surface area contributed by atoms with Crippen LogP contribution in [0.3, 0.4) is 0 Å². The van der Waals surface area contributed by atoms with E-state index in [1.54, 1.807) is 24.3 Å². The molecule has 0 bridgehead atoms. The number of amides is 1. The number of hydrogen-bond donors (Lipinski definition) is 1. The van der Waals surface area contributed by atoms with Crippen LogP contribution < -0.4 is 4.74 Å². The van der Waals surface area contributed by atoms with Crippen LogP contribution in [0.4, 0.5) is 4.39 Å². The Morgan fingerprint density at radius 2 is 1.91 bits per heavy atom. The van der Waals surface area contributed by atoms with Crippen molar-refractivity contribution in [3.8, 4) is 5.75 Å². The molecule has 9 heteroatoms. The van der Waals surface area contributed by atoms with Gasteiger partial charge in [0.05, 0.1) is 29.3 Å². The molecule has 1 atom stereocenters. The van der Waals surface area contributed by atoms with E-state index < -0.39 is 29.3 Å². The molecule has 1 fully saturated rings. The summed E-state index contributed by atoms with van der Waals surface area (Å²) in [6.45, 7) is 0.0532. The summed E-state index contributed by atoms with van der Waals surface area (Å²) in [6.07, 6.45) is 0. The van der Waals surface area contributed by atoms with Crippen LogP contribution in [0, 0.1) is 5.82 Å². The van der Waals surface area contributed by atoms with Gasteiger partial charge in [-0.2, -0.15) is 0 Å². The minimum atomic E-state index is -0.846. The van der Waals surface area contributed by atoms with Crippen molar-refractivity contribution in [2.75, 3.05) is 7.11 Å². The highest BCUT2D eigenvalue weighted by Crippen LogP contribution is 2.44. The van der Waals surface area contributed by atoms with Crippen molar-refractivity contribution in [1.82, 2.24) is 4.90 Å². The highest BCUT2D eigenvalue weighted by molar-refractivity contribution is 7.10. The summed E-state index contributed by atoms with van der Waals surface area (Å²) in [7, 11) is 1.37. The van der Waals surface area contributed by atoms with E-state index in [0.717, 1.165) is 0 Å². The number of carbonyl (C=O) groups is 2. The molecule has 2 aromatic carbocycles. The first kappa shape index (κ1) is 22.3. The predicted molar refractivity (Wildman–Crippen MR) is 122 cm³/mol. The minimum Gasteiger partial charge on any atom is -0.507 e. The molecular weight excluding hydrogens is 476 g/mol. The lowest BCUT2D eigenvalue weighted by Crippen LogP contribution is -2.28. The first-order chi connectivity index (χ1) is 15.3. The van der Waals surface area contributed by atoms with Gasteiger partial charge in [-0.1, -0.05) is 41.4 Å². The van der Waals surface area contributed by atoms with Gasteiger partial charge in [0.1, 0.15) is 17.3 Å². The van der Waals surface area contributed by atoms with E-state index >= 15 is 0 Å². The highest BCUT2D eigenvalue weighted by atomic mass is 35.5. The second-order valence-corrected chi connectivity index (χ2v) is 8.86. The summed E-state index contributed by atoms with van der Waals surface area (Å²) in [5.41, 5.74) is 0.640. The molecule has 1 N–H and O–H groups in total. The Hall–Kier alpha value is -2.87. The Bertz CT molecular complexity index is 1230. The average Bonchev–Trinajstić information content (AvgIpc) is 3.37. The van der Waals surface area contributed by atoms with Gasteiger partial charge >= 0.3 is 0 Å². The third kappa shape index (κ3) is 3.99. The number of Topliss-reactive ketones (excluding diaryl/α,β-unsaturated/α-hetero) is 1. The number of hydrogen-bond acceptors (Lipinski definition) is 5. The van der Waals surface area contributed by atoms with Crippen LogP contribution in [-0.2, 0) is 16.1 Å². The number of ether oxygens (including phenoxy) is 1. The number of ketones is 1. The molecule has 0 radical (unpaired) electrons. The van der Waals surface area contributed by atoms with Crippen LogP contribution >= 0.6 is 34.5 Å². The van der Waals surface area contributed by atoms with Gasteiger partial charge in [-0.15, -0.1) is 11.3 Å². The molecule has 1 saturated heterocycles. The number of thiophene rings is 1. The fourth-order valence-corrected chi connectivity index (χ4v) is 5.08. The van der Waals surface area contributed by atoms with Crippen molar-refractivity contribution in [2.24, 2.45) is 0 Å². The molecule has 1 unspecified atom stereocenters. The molecule has 3 aromatic rings. The Kier molecular flexibility index (Phi) is 6.24. The fourth-order valence-electron chi connectivity index (χ4n) is 3.66. The van der Waals surface area contributed by atoms with Crippen molar-refractivity contribution in [3.63, 3.8) is 0 Å². The molecule has 0 spiro atoms. The Morgan fingerprint density at radius 3 is 2.53 bits per heavy atom. The highest BCUT2D eigenvalue weighted by Gasteiger charge is 2.46. The van der Waals surface area contributed by atoms with Crippen LogP contribution in [0.5, 0.6) is 5.75 Å². The van der Waals surface area contributed by atoms with Gasteiger partial charge in [0.2, 0.25) is 0 Å². The van der Waals surface area contributed by atoms with E-state index in [-0.39, 0.29) is 33.5 Å². The van der Waals surface area contributed by atoms with Gasteiger partial charge in [0.15, 0.2) is 0 Å². The largest absolute Gasteiger partial charge is 0.507 e. The van der Waals surface area contributed by atoms with Crippen molar-refractivity contribution in [2.45, 2.75) is 12.6 Å². The smallest absolute Gasteiger partial charge is 0.295 e. The Labute approximate surface area is 197 Å². The molecule has 1 aliphatic heterocycles. The summed E-state index contributed by atoms with van der Waals surface area (Å²) in [4.78, 5) is 28.1. The first-order valence-corrected chi connectivity index (χ1v) is 11.0. The monoisotopic (exact) mass is 491 g/mol. The van der Waals surface area contributed by atoms with E-state index in [1.165, 1.54) is 47.6 Å². The van der Waals surface area contributed by atoms with Gasteiger partial charge in [-0.25, -0.2) is 4.39 Å². The third-order valence-electron chi connectivity index (χ3n) is 5.09. The number of aliphatic hydroxyl groups excluding tert-OH is 1. The number of likely N-dealkylation sites (tertiary alicyclic amines) is 1. The molecule has 164 valence electrons. The SMILES string of the molecule is COc1c(Cl)cc(Cl)cc1/C(O)=C1/C(=O)C(=O)N(Cc2ccc(F)cc2)C1c1cccs1. The van der Waals surface area contributed by atoms with Crippen LogP contribution in [0.2, 0.25) is 10.0 Å². The first-order valence-electron chi connectivity index (χ1n) is 9.41. The van der Waals surface area contributed by atoms with Gasteiger partial charge in [-0.3, -0.25) is 9.59 Å². The maximum Gasteiger partial charge on any atom is 0.295 e. The zero-order valence-corrected chi connectivity index (χ0v) is 19.0. The lowest BCUT2D eigenvalue weighted by atomic mass is 9.99. The second kappa shape index (κ2) is 8.94. The second-order valence-electron chi connectivity index (χ2n) is 7.04. The van der Waals surface area contributed by atoms with Crippen LogP contribution in [0.25, 0.3) is 5.76 Å².